The topological polar surface area (TPSA) is 92.6 Å². The predicted molar refractivity (Wildman–Crippen MR) is 133 cm³/mol. The Hall–Kier alpha value is -3.31. The van der Waals surface area contributed by atoms with Crippen LogP contribution in [0.25, 0.3) is 0 Å². The molecule has 2 amide bonds. The zero-order chi connectivity index (χ0) is 24.2. The number of piperazine rings is 1. The van der Waals surface area contributed by atoms with Gasteiger partial charge in [0.2, 0.25) is 0 Å². The number of pyridine rings is 1. The third-order valence-corrected chi connectivity index (χ3v) is 7.02. The van der Waals surface area contributed by atoms with E-state index in [1.165, 1.54) is 0 Å². The van der Waals surface area contributed by atoms with Gasteiger partial charge in [-0.2, -0.15) is 5.26 Å². The number of urea groups is 1. The smallest absolute Gasteiger partial charge is 0.322 e. The lowest BCUT2D eigenvalue weighted by molar-refractivity contribution is -0.111. The molecule has 0 spiro atoms. The van der Waals surface area contributed by atoms with Crippen molar-refractivity contribution < 1.29 is 9.59 Å². The van der Waals surface area contributed by atoms with E-state index < -0.39 is 0 Å². The van der Waals surface area contributed by atoms with Crippen LogP contribution in [0, 0.1) is 17.2 Å². The van der Waals surface area contributed by atoms with Crippen LogP contribution >= 0.6 is 11.6 Å². The molecule has 1 aromatic carbocycles. The van der Waals surface area contributed by atoms with E-state index in [-0.39, 0.29) is 24.0 Å². The minimum Gasteiger partial charge on any atom is -0.365 e. The highest BCUT2D eigenvalue weighted by Gasteiger charge is 2.32. The summed E-state index contributed by atoms with van der Waals surface area (Å²) < 4.78 is 0. The van der Waals surface area contributed by atoms with Crippen LogP contribution in [0.4, 0.5) is 22.0 Å². The molecule has 0 unspecified atom stereocenters. The maximum Gasteiger partial charge on any atom is 0.322 e. The number of hydrogen-bond donors (Lipinski definition) is 1. The Morgan fingerprint density at radius 2 is 1.94 bits per heavy atom. The largest absolute Gasteiger partial charge is 0.365 e. The maximum absolute atomic E-state index is 13.0. The van der Waals surface area contributed by atoms with Crippen LogP contribution in [-0.2, 0) is 4.79 Å². The van der Waals surface area contributed by atoms with Crippen LogP contribution in [0.3, 0.4) is 0 Å². The number of anilines is 3. The van der Waals surface area contributed by atoms with Crippen molar-refractivity contribution in [3.05, 3.63) is 47.1 Å². The first-order valence-corrected chi connectivity index (χ1v) is 12.0. The molecule has 0 saturated carbocycles. The summed E-state index contributed by atoms with van der Waals surface area (Å²) in [4.78, 5) is 34.7. The number of carbonyl (C=O) groups excluding carboxylic acids is 2. The van der Waals surface area contributed by atoms with Gasteiger partial charge in [-0.05, 0) is 57.0 Å². The number of hydrogen-bond acceptors (Lipinski definition) is 6. The van der Waals surface area contributed by atoms with Crippen LogP contribution < -0.4 is 15.1 Å². The third-order valence-electron chi connectivity index (χ3n) is 6.71. The fraction of sp³-hybridized carbons (Fsp3) is 0.440. The Kier molecular flexibility index (Phi) is 7.23. The van der Waals surface area contributed by atoms with Gasteiger partial charge in [-0.1, -0.05) is 11.6 Å². The van der Waals surface area contributed by atoms with E-state index >= 15 is 0 Å². The summed E-state index contributed by atoms with van der Waals surface area (Å²) in [5.41, 5.74) is 2.05. The summed E-state index contributed by atoms with van der Waals surface area (Å²) in [6.07, 6.45) is 4.42. The Balaban J connectivity index is 1.36. The minimum atomic E-state index is -0.154. The normalized spacial score (nSPS) is 21.2. The molecule has 9 heteroatoms. The highest BCUT2D eigenvalue weighted by Crippen LogP contribution is 2.28. The predicted octanol–water partition coefficient (Wildman–Crippen LogP) is 4.15. The number of benzene rings is 1. The molecule has 178 valence electrons. The highest BCUT2D eigenvalue weighted by atomic mass is 35.5. The number of nitriles is 1. The van der Waals surface area contributed by atoms with Gasteiger partial charge in [0, 0.05) is 49.9 Å². The van der Waals surface area contributed by atoms with Gasteiger partial charge in [-0.3, -0.25) is 0 Å². The second kappa shape index (κ2) is 10.3. The van der Waals surface area contributed by atoms with E-state index in [9.17, 15) is 9.59 Å². The van der Waals surface area contributed by atoms with Gasteiger partial charge in [0.15, 0.2) is 0 Å². The third kappa shape index (κ3) is 5.10. The molecular formula is C25H29ClN6O2. The van der Waals surface area contributed by atoms with Crippen LogP contribution in [0.1, 0.15) is 32.3 Å². The average Bonchev–Trinajstić information content (AvgIpc) is 2.85. The first kappa shape index (κ1) is 23.8. The fourth-order valence-electron chi connectivity index (χ4n) is 4.65. The number of carbonyl (C=O) groups is 2. The van der Waals surface area contributed by atoms with Gasteiger partial charge in [-0.15, -0.1) is 0 Å². The molecule has 8 nitrogen and oxygen atoms in total. The molecule has 2 atom stereocenters. The summed E-state index contributed by atoms with van der Waals surface area (Å²) in [6.45, 7) is 6.93. The lowest BCUT2D eigenvalue weighted by atomic mass is 9.99. The van der Waals surface area contributed by atoms with E-state index in [4.69, 9.17) is 16.9 Å². The molecule has 2 saturated heterocycles. The summed E-state index contributed by atoms with van der Waals surface area (Å²) in [6, 6.07) is 11.2. The zero-order valence-electron chi connectivity index (χ0n) is 19.4. The van der Waals surface area contributed by atoms with Crippen molar-refractivity contribution in [3.63, 3.8) is 0 Å². The first-order chi connectivity index (χ1) is 16.4. The SMILES string of the molecule is C[C@@H]1CN(C(=O)Nc2ccc(N3CCC(C=O)CC3)nc2)[C@@H](C)CN1c1ccc(C#N)c(Cl)c1. The number of piperidine rings is 1. The molecule has 4 rings (SSSR count). The highest BCUT2D eigenvalue weighted by molar-refractivity contribution is 6.32. The van der Waals surface area contributed by atoms with Crippen LogP contribution in [0.15, 0.2) is 36.5 Å². The zero-order valence-corrected chi connectivity index (χ0v) is 20.2. The molecule has 2 aliphatic rings. The molecular weight excluding hydrogens is 452 g/mol. The number of aromatic nitrogens is 1. The van der Waals surface area contributed by atoms with E-state index in [1.54, 1.807) is 12.3 Å². The Labute approximate surface area is 205 Å². The molecule has 0 aliphatic carbocycles. The molecule has 0 bridgehead atoms. The standard InChI is InChI=1S/C25H29ClN6O2/c1-17-15-32(18(2)14-31(17)22-5-3-20(12-27)23(26)11-22)25(34)29-21-4-6-24(28-13-21)30-9-7-19(16-33)8-10-30/h3-6,11,13,16-19H,7-10,14-15H2,1-2H3,(H,29,34)/t17-,18+/m1/s1. The summed E-state index contributed by atoms with van der Waals surface area (Å²) in [5, 5.41) is 12.5. The molecule has 1 N–H and O–H groups in total. The Morgan fingerprint density at radius 1 is 1.18 bits per heavy atom. The number of nitrogens with zero attached hydrogens (tertiary/aromatic N) is 5. The molecule has 34 heavy (non-hydrogen) atoms. The fourth-order valence-corrected chi connectivity index (χ4v) is 4.87. The number of rotatable bonds is 4. The molecule has 1 aromatic heterocycles. The first-order valence-electron chi connectivity index (χ1n) is 11.6. The van der Waals surface area contributed by atoms with Gasteiger partial charge in [0.1, 0.15) is 18.2 Å². The number of nitrogens with one attached hydrogen (secondary N) is 1. The van der Waals surface area contributed by atoms with Gasteiger partial charge in [0.05, 0.1) is 22.5 Å². The van der Waals surface area contributed by atoms with Gasteiger partial charge in [-0.25, -0.2) is 9.78 Å². The molecule has 0 radical (unpaired) electrons. The lowest BCUT2D eigenvalue weighted by Gasteiger charge is -2.45. The van der Waals surface area contributed by atoms with Crippen LogP contribution in [0.2, 0.25) is 5.02 Å². The Bertz CT molecular complexity index is 1080. The molecule has 2 aliphatic heterocycles. The van der Waals surface area contributed by atoms with Crippen LogP contribution in [-0.4, -0.2) is 60.5 Å². The number of halogens is 1. The monoisotopic (exact) mass is 480 g/mol. The second-order valence-electron chi connectivity index (χ2n) is 9.07. The van der Waals surface area contributed by atoms with E-state index in [0.29, 0.717) is 29.4 Å². The van der Waals surface area contributed by atoms with Crippen molar-refractivity contribution in [1.29, 1.82) is 5.26 Å². The minimum absolute atomic E-state index is 0.0167. The van der Waals surface area contributed by atoms with Gasteiger partial charge in [0.25, 0.3) is 0 Å². The van der Waals surface area contributed by atoms with Crippen molar-refractivity contribution in [2.75, 3.05) is 41.3 Å². The number of amides is 2. The van der Waals surface area contributed by atoms with Crippen LogP contribution in [0.5, 0.6) is 0 Å². The van der Waals surface area contributed by atoms with Gasteiger partial charge >= 0.3 is 6.03 Å². The van der Waals surface area contributed by atoms with Crippen molar-refractivity contribution in [1.82, 2.24) is 9.88 Å². The average molecular weight is 481 g/mol. The number of aldehydes is 1. The second-order valence-corrected chi connectivity index (χ2v) is 9.48. The van der Waals surface area contributed by atoms with Gasteiger partial charge < -0.3 is 24.8 Å². The van der Waals surface area contributed by atoms with E-state index in [1.807, 2.05) is 36.1 Å². The van der Waals surface area contributed by atoms with Crippen molar-refractivity contribution in [2.45, 2.75) is 38.8 Å². The molecule has 2 aromatic rings. The van der Waals surface area contributed by atoms with Crippen molar-refractivity contribution >= 4 is 41.1 Å². The summed E-state index contributed by atoms with van der Waals surface area (Å²) in [7, 11) is 0. The van der Waals surface area contributed by atoms with Crippen molar-refractivity contribution in [2.24, 2.45) is 5.92 Å². The van der Waals surface area contributed by atoms with Crippen molar-refractivity contribution in [3.8, 4) is 6.07 Å². The summed E-state index contributed by atoms with van der Waals surface area (Å²) >= 11 is 6.23. The lowest BCUT2D eigenvalue weighted by Crippen LogP contribution is -2.59. The molecule has 2 fully saturated rings. The molecule has 3 heterocycles. The Morgan fingerprint density at radius 3 is 2.56 bits per heavy atom. The van der Waals surface area contributed by atoms with E-state index in [2.05, 4.69) is 33.1 Å². The quantitative estimate of drug-likeness (QED) is 0.661. The van der Waals surface area contributed by atoms with E-state index in [0.717, 1.165) is 43.7 Å². The maximum atomic E-state index is 13.0. The summed E-state index contributed by atoms with van der Waals surface area (Å²) in [5.74, 6) is 1.01.